The molecule has 1 fully saturated rings. The van der Waals surface area contributed by atoms with Gasteiger partial charge in [0.05, 0.1) is 11.6 Å². The lowest BCUT2D eigenvalue weighted by molar-refractivity contribution is 0.458. The van der Waals surface area contributed by atoms with Gasteiger partial charge in [-0.1, -0.05) is 42.5 Å². The Morgan fingerprint density at radius 2 is 1.74 bits per heavy atom. The first-order valence-corrected chi connectivity index (χ1v) is 12.6. The maximum absolute atomic E-state index is 15.3. The number of fused-ring (bicyclic) bond motifs is 1. The number of nitrogens with zero attached hydrogens (tertiary/aromatic N) is 4. The molecule has 2 aromatic heterocycles. The van der Waals surface area contributed by atoms with Crippen LogP contribution in [0.25, 0.3) is 11.0 Å². The molecule has 38 heavy (non-hydrogen) atoms. The third-order valence-corrected chi connectivity index (χ3v) is 6.83. The predicted molar refractivity (Wildman–Crippen MR) is 145 cm³/mol. The van der Waals surface area contributed by atoms with Crippen LogP contribution in [-0.4, -0.2) is 14.5 Å². The molecule has 2 heterocycles. The molecular weight excluding hydrogens is 477 g/mol. The van der Waals surface area contributed by atoms with Crippen LogP contribution in [0.2, 0.25) is 0 Å². The van der Waals surface area contributed by atoms with Gasteiger partial charge in [0.1, 0.15) is 16.8 Å². The summed E-state index contributed by atoms with van der Waals surface area (Å²) in [4.78, 5) is 9.21. The summed E-state index contributed by atoms with van der Waals surface area (Å²) in [5.74, 6) is 1.37. The van der Waals surface area contributed by atoms with Crippen LogP contribution in [0.5, 0.6) is 11.6 Å². The summed E-state index contributed by atoms with van der Waals surface area (Å²) in [5, 5.41) is 12.2. The topological polar surface area (TPSA) is 75.8 Å². The Hall–Kier alpha value is -4.70. The van der Waals surface area contributed by atoms with Crippen molar-refractivity contribution in [3.05, 3.63) is 107 Å². The van der Waals surface area contributed by atoms with Gasteiger partial charge in [0.2, 0.25) is 11.8 Å². The van der Waals surface area contributed by atoms with Crippen LogP contribution in [0.4, 0.5) is 16.0 Å². The molecular formula is C31H26FN5O. The molecule has 0 unspecified atom stereocenters. The van der Waals surface area contributed by atoms with Gasteiger partial charge in [-0.3, -0.25) is 0 Å². The zero-order valence-electron chi connectivity index (χ0n) is 21.2. The number of aromatic nitrogens is 3. The number of nitrogens with one attached hydrogen (secondary N) is 1. The van der Waals surface area contributed by atoms with Crippen molar-refractivity contribution in [1.82, 2.24) is 14.5 Å². The summed E-state index contributed by atoms with van der Waals surface area (Å²) in [6.45, 7) is 4.51. The van der Waals surface area contributed by atoms with Gasteiger partial charge in [-0.2, -0.15) is 10.2 Å². The third-order valence-electron chi connectivity index (χ3n) is 6.83. The molecule has 1 saturated carbocycles. The highest BCUT2D eigenvalue weighted by atomic mass is 19.1. The summed E-state index contributed by atoms with van der Waals surface area (Å²) in [6.07, 6.45) is 3.89. The van der Waals surface area contributed by atoms with Gasteiger partial charge in [0, 0.05) is 18.4 Å². The van der Waals surface area contributed by atoms with Crippen LogP contribution < -0.4 is 10.1 Å². The van der Waals surface area contributed by atoms with Crippen LogP contribution in [0, 0.1) is 31.0 Å². The minimum Gasteiger partial charge on any atom is -0.436 e. The molecule has 3 aromatic carbocycles. The maximum atomic E-state index is 15.3. The fraction of sp³-hybridized carbons (Fsp3) is 0.194. The minimum absolute atomic E-state index is 0.173. The first-order chi connectivity index (χ1) is 18.5. The van der Waals surface area contributed by atoms with E-state index in [9.17, 15) is 0 Å². The Morgan fingerprint density at radius 3 is 2.39 bits per heavy atom. The molecule has 0 atom stereocenters. The van der Waals surface area contributed by atoms with Crippen molar-refractivity contribution in [2.24, 2.45) is 0 Å². The van der Waals surface area contributed by atoms with Crippen LogP contribution >= 0.6 is 0 Å². The van der Waals surface area contributed by atoms with Crippen molar-refractivity contribution in [2.45, 2.75) is 39.2 Å². The number of rotatable bonds is 7. The summed E-state index contributed by atoms with van der Waals surface area (Å²) in [7, 11) is 0. The van der Waals surface area contributed by atoms with Gasteiger partial charge in [-0.25, -0.2) is 9.37 Å². The van der Waals surface area contributed by atoms with Gasteiger partial charge >= 0.3 is 0 Å². The third kappa shape index (κ3) is 4.69. The molecule has 0 saturated heterocycles. The molecule has 1 N–H and O–H groups in total. The average Bonchev–Trinajstić information content (AvgIpc) is 3.72. The number of halogens is 1. The lowest BCUT2D eigenvalue weighted by Crippen LogP contribution is -2.05. The molecule has 5 aromatic rings. The van der Waals surface area contributed by atoms with E-state index in [4.69, 9.17) is 15.0 Å². The van der Waals surface area contributed by atoms with Gasteiger partial charge < -0.3 is 14.6 Å². The molecule has 188 valence electrons. The smallest absolute Gasteiger partial charge is 0.249 e. The van der Waals surface area contributed by atoms with Crippen molar-refractivity contribution < 1.29 is 9.13 Å². The lowest BCUT2D eigenvalue weighted by atomic mass is 10.0. The second-order valence-corrected chi connectivity index (χ2v) is 9.81. The molecule has 0 amide bonds. The maximum Gasteiger partial charge on any atom is 0.249 e. The SMILES string of the molecule is Cc1cc(C2CC2)cc(C)c1Oc1nc(Nc2ccc(C#N)cc2)nc2c(F)cn(Cc3ccccc3)c12. The number of hydrogen-bond donors (Lipinski definition) is 1. The lowest BCUT2D eigenvalue weighted by Gasteiger charge is -2.16. The second kappa shape index (κ2) is 9.64. The Labute approximate surface area is 220 Å². The molecule has 1 aliphatic rings. The van der Waals surface area contributed by atoms with E-state index >= 15 is 4.39 Å². The first-order valence-electron chi connectivity index (χ1n) is 12.6. The number of nitriles is 1. The molecule has 6 rings (SSSR count). The Bertz CT molecular complexity index is 1660. The van der Waals surface area contributed by atoms with Gasteiger partial charge in [0.25, 0.3) is 0 Å². The van der Waals surface area contributed by atoms with Crippen molar-refractivity contribution in [3.8, 4) is 17.7 Å². The Morgan fingerprint density at radius 1 is 1.03 bits per heavy atom. The second-order valence-electron chi connectivity index (χ2n) is 9.81. The van der Waals surface area contributed by atoms with E-state index in [0.29, 0.717) is 35.0 Å². The van der Waals surface area contributed by atoms with Crippen LogP contribution in [-0.2, 0) is 6.54 Å². The molecule has 6 nitrogen and oxygen atoms in total. The first kappa shape index (κ1) is 23.7. The van der Waals surface area contributed by atoms with Crippen LogP contribution in [0.15, 0.2) is 72.9 Å². The van der Waals surface area contributed by atoms with E-state index in [0.717, 1.165) is 16.7 Å². The fourth-order valence-corrected chi connectivity index (χ4v) is 4.81. The van der Waals surface area contributed by atoms with Crippen LogP contribution in [0.3, 0.4) is 0 Å². The van der Waals surface area contributed by atoms with Crippen molar-refractivity contribution in [1.29, 1.82) is 5.26 Å². The summed E-state index contributed by atoms with van der Waals surface area (Å²) in [5.41, 5.74) is 6.27. The molecule has 1 aliphatic carbocycles. The highest BCUT2D eigenvalue weighted by Crippen LogP contribution is 2.43. The van der Waals surface area contributed by atoms with E-state index in [-0.39, 0.29) is 17.3 Å². The van der Waals surface area contributed by atoms with Crippen molar-refractivity contribution in [2.75, 3.05) is 5.32 Å². The summed E-state index contributed by atoms with van der Waals surface area (Å²) < 4.78 is 23.6. The molecule has 0 aliphatic heterocycles. The van der Waals surface area contributed by atoms with Crippen LogP contribution in [0.1, 0.15) is 46.6 Å². The van der Waals surface area contributed by atoms with Crippen molar-refractivity contribution in [3.63, 3.8) is 0 Å². The number of aryl methyl sites for hydroxylation is 2. The van der Waals surface area contributed by atoms with E-state index in [1.165, 1.54) is 24.6 Å². The summed E-state index contributed by atoms with van der Waals surface area (Å²) in [6, 6.07) is 23.2. The van der Waals surface area contributed by atoms with Crippen molar-refractivity contribution >= 4 is 22.7 Å². The fourth-order valence-electron chi connectivity index (χ4n) is 4.81. The van der Waals surface area contributed by atoms with E-state index in [1.54, 1.807) is 28.8 Å². The Kier molecular flexibility index (Phi) is 6.01. The summed E-state index contributed by atoms with van der Waals surface area (Å²) >= 11 is 0. The number of benzene rings is 3. The number of anilines is 2. The quantitative estimate of drug-likeness (QED) is 0.249. The average molecular weight is 504 g/mol. The highest BCUT2D eigenvalue weighted by Gasteiger charge is 2.26. The number of hydrogen-bond acceptors (Lipinski definition) is 5. The zero-order valence-corrected chi connectivity index (χ0v) is 21.2. The number of ether oxygens (including phenoxy) is 1. The molecule has 0 radical (unpaired) electrons. The standard InChI is InChI=1S/C31H26FN5O/c1-19-14-24(23-10-11-23)15-20(2)29(19)38-30-28-27(26(32)18-37(28)17-22-6-4-3-5-7-22)35-31(36-30)34-25-12-8-21(16-33)9-13-25/h3-9,12-15,18,23H,10-11,17H2,1-2H3,(H,34,35,36). The molecule has 7 heteroatoms. The van der Waals surface area contributed by atoms with Gasteiger partial charge in [-0.15, -0.1) is 0 Å². The predicted octanol–water partition coefficient (Wildman–Crippen LogP) is 7.52. The van der Waals surface area contributed by atoms with E-state index in [2.05, 4.69) is 28.5 Å². The zero-order chi connectivity index (χ0) is 26.2. The highest BCUT2D eigenvalue weighted by molar-refractivity contribution is 5.83. The monoisotopic (exact) mass is 503 g/mol. The largest absolute Gasteiger partial charge is 0.436 e. The minimum atomic E-state index is -0.455. The normalized spacial score (nSPS) is 12.9. The Balaban J connectivity index is 1.45. The van der Waals surface area contributed by atoms with E-state index < -0.39 is 5.82 Å². The van der Waals surface area contributed by atoms with E-state index in [1.807, 2.05) is 44.2 Å². The van der Waals surface area contributed by atoms with Gasteiger partial charge in [-0.05, 0) is 79.1 Å². The van der Waals surface area contributed by atoms with Gasteiger partial charge in [0.15, 0.2) is 5.82 Å². The molecule has 0 spiro atoms. The molecule has 0 bridgehead atoms.